The summed E-state index contributed by atoms with van der Waals surface area (Å²) in [6, 6.07) is 3.80. The number of nitrogens with zero attached hydrogens (tertiary/aromatic N) is 2. The molecule has 0 amide bonds. The van der Waals surface area contributed by atoms with Crippen molar-refractivity contribution < 1.29 is 13.2 Å². The van der Waals surface area contributed by atoms with Crippen LogP contribution in [0.25, 0.3) is 0 Å². The van der Waals surface area contributed by atoms with E-state index in [9.17, 15) is 8.42 Å². The van der Waals surface area contributed by atoms with Crippen LogP contribution in [0, 0.1) is 6.92 Å². The highest BCUT2D eigenvalue weighted by Gasteiger charge is 2.24. The van der Waals surface area contributed by atoms with Crippen molar-refractivity contribution in [3.63, 3.8) is 0 Å². The Morgan fingerprint density at radius 1 is 1.47 bits per heavy atom. The lowest BCUT2D eigenvalue weighted by Gasteiger charge is -2.23. The maximum atomic E-state index is 11.8. The maximum absolute atomic E-state index is 11.8. The van der Waals surface area contributed by atoms with Crippen LogP contribution >= 0.6 is 0 Å². The summed E-state index contributed by atoms with van der Waals surface area (Å²) in [5.74, 6) is 0. The van der Waals surface area contributed by atoms with E-state index in [1.165, 1.54) is 10.6 Å². The molecule has 1 aliphatic heterocycles. The molecule has 6 heteroatoms. The number of sulfonamides is 1. The molecular formula is C13H20N2O3S. The Kier molecular flexibility index (Phi) is 4.54. The molecule has 1 fully saturated rings. The number of aromatic nitrogens is 1. The topological polar surface area (TPSA) is 59.5 Å². The van der Waals surface area contributed by atoms with Gasteiger partial charge in [-0.3, -0.25) is 4.98 Å². The molecule has 0 aromatic carbocycles. The van der Waals surface area contributed by atoms with Crippen LogP contribution in [0.1, 0.15) is 24.1 Å². The van der Waals surface area contributed by atoms with E-state index in [0.29, 0.717) is 13.1 Å². The minimum atomic E-state index is -3.24. The van der Waals surface area contributed by atoms with E-state index in [2.05, 4.69) is 4.98 Å². The number of hydrogen-bond donors (Lipinski definition) is 0. The number of hydrogen-bond acceptors (Lipinski definition) is 4. The fourth-order valence-corrected chi connectivity index (χ4v) is 2.95. The van der Waals surface area contributed by atoms with E-state index in [1.54, 1.807) is 6.20 Å². The lowest BCUT2D eigenvalue weighted by Crippen LogP contribution is -2.36. The molecule has 0 spiro atoms. The van der Waals surface area contributed by atoms with Crippen LogP contribution in [0.5, 0.6) is 0 Å². The van der Waals surface area contributed by atoms with Gasteiger partial charge in [0.25, 0.3) is 0 Å². The third-order valence-corrected chi connectivity index (χ3v) is 4.45. The highest BCUT2D eigenvalue weighted by molar-refractivity contribution is 7.88. The SMILES string of the molecule is Cc1ccc(CN(C[C@@H]2CCCO2)S(C)(=O)=O)cn1. The largest absolute Gasteiger partial charge is 0.377 e. The second-order valence-corrected chi connectivity index (χ2v) is 6.98. The van der Waals surface area contributed by atoms with Gasteiger partial charge in [0.05, 0.1) is 12.4 Å². The molecule has 1 aliphatic rings. The number of ether oxygens (including phenoxy) is 1. The monoisotopic (exact) mass is 284 g/mol. The summed E-state index contributed by atoms with van der Waals surface area (Å²) < 4.78 is 30.7. The Bertz CT molecular complexity index is 507. The summed E-state index contributed by atoms with van der Waals surface area (Å²) in [4.78, 5) is 4.19. The van der Waals surface area contributed by atoms with E-state index in [-0.39, 0.29) is 6.10 Å². The van der Waals surface area contributed by atoms with Gasteiger partial charge in [-0.15, -0.1) is 0 Å². The van der Waals surface area contributed by atoms with Gasteiger partial charge < -0.3 is 4.74 Å². The summed E-state index contributed by atoms with van der Waals surface area (Å²) >= 11 is 0. The molecular weight excluding hydrogens is 264 g/mol. The van der Waals surface area contributed by atoms with E-state index >= 15 is 0 Å². The molecule has 0 saturated carbocycles. The zero-order chi connectivity index (χ0) is 13.9. The van der Waals surface area contributed by atoms with Gasteiger partial charge in [0.1, 0.15) is 0 Å². The van der Waals surface area contributed by atoms with Crippen LogP contribution in [-0.4, -0.2) is 43.2 Å². The van der Waals surface area contributed by atoms with Crippen LogP contribution in [0.15, 0.2) is 18.3 Å². The third kappa shape index (κ3) is 4.26. The van der Waals surface area contributed by atoms with Crippen molar-refractivity contribution >= 4 is 10.0 Å². The molecule has 0 aliphatic carbocycles. The van der Waals surface area contributed by atoms with Crippen LogP contribution in [-0.2, 0) is 21.3 Å². The van der Waals surface area contributed by atoms with Crippen LogP contribution in [0.4, 0.5) is 0 Å². The first-order valence-electron chi connectivity index (χ1n) is 6.43. The van der Waals surface area contributed by atoms with Crippen molar-refractivity contribution in [2.75, 3.05) is 19.4 Å². The Morgan fingerprint density at radius 3 is 2.79 bits per heavy atom. The molecule has 5 nitrogen and oxygen atoms in total. The Labute approximate surface area is 114 Å². The highest BCUT2D eigenvalue weighted by atomic mass is 32.2. The number of rotatable bonds is 5. The van der Waals surface area contributed by atoms with Gasteiger partial charge in [0.2, 0.25) is 10.0 Å². The first-order chi connectivity index (χ1) is 8.95. The van der Waals surface area contributed by atoms with Gasteiger partial charge in [-0.25, -0.2) is 8.42 Å². The summed E-state index contributed by atoms with van der Waals surface area (Å²) in [5, 5.41) is 0. The summed E-state index contributed by atoms with van der Waals surface area (Å²) in [5.41, 5.74) is 1.82. The molecule has 1 aromatic heterocycles. The predicted octanol–water partition coefficient (Wildman–Crippen LogP) is 1.33. The minimum absolute atomic E-state index is 0.0214. The zero-order valence-corrected chi connectivity index (χ0v) is 12.2. The van der Waals surface area contributed by atoms with Crippen molar-refractivity contribution in [1.29, 1.82) is 0 Å². The molecule has 0 unspecified atom stereocenters. The minimum Gasteiger partial charge on any atom is -0.377 e. The lowest BCUT2D eigenvalue weighted by molar-refractivity contribution is 0.0927. The molecule has 2 heterocycles. The molecule has 1 atom stereocenters. The third-order valence-electron chi connectivity index (χ3n) is 3.23. The van der Waals surface area contributed by atoms with E-state index in [0.717, 1.165) is 30.7 Å². The van der Waals surface area contributed by atoms with Crippen LogP contribution in [0.3, 0.4) is 0 Å². The molecule has 0 N–H and O–H groups in total. The fourth-order valence-electron chi connectivity index (χ4n) is 2.13. The molecule has 19 heavy (non-hydrogen) atoms. The number of pyridine rings is 1. The summed E-state index contributed by atoms with van der Waals surface area (Å²) in [7, 11) is -3.24. The maximum Gasteiger partial charge on any atom is 0.211 e. The Balaban J connectivity index is 2.07. The standard InChI is InChI=1S/C13H20N2O3S/c1-11-5-6-12(8-14-11)9-15(19(2,16)17)10-13-4-3-7-18-13/h5-6,8,13H,3-4,7,9-10H2,1-2H3/t13-/m0/s1. The van der Waals surface area contributed by atoms with Gasteiger partial charge in [-0.05, 0) is 31.4 Å². The average Bonchev–Trinajstić information content (AvgIpc) is 2.83. The molecule has 0 bridgehead atoms. The second kappa shape index (κ2) is 5.98. The average molecular weight is 284 g/mol. The molecule has 1 saturated heterocycles. The molecule has 0 radical (unpaired) electrons. The van der Waals surface area contributed by atoms with Crippen molar-refractivity contribution in [3.8, 4) is 0 Å². The molecule has 106 valence electrons. The van der Waals surface area contributed by atoms with Gasteiger partial charge in [0, 0.05) is 31.6 Å². The summed E-state index contributed by atoms with van der Waals surface area (Å²) in [6.45, 7) is 3.41. The van der Waals surface area contributed by atoms with Crippen molar-refractivity contribution in [1.82, 2.24) is 9.29 Å². The van der Waals surface area contributed by atoms with E-state index in [4.69, 9.17) is 4.74 Å². The van der Waals surface area contributed by atoms with Gasteiger partial charge >= 0.3 is 0 Å². The first kappa shape index (κ1) is 14.4. The Hall–Kier alpha value is -0.980. The van der Waals surface area contributed by atoms with Crippen molar-refractivity contribution in [2.45, 2.75) is 32.4 Å². The Morgan fingerprint density at radius 2 is 2.26 bits per heavy atom. The molecule has 2 rings (SSSR count). The van der Waals surface area contributed by atoms with Gasteiger partial charge in [-0.1, -0.05) is 6.07 Å². The van der Waals surface area contributed by atoms with Crippen molar-refractivity contribution in [2.24, 2.45) is 0 Å². The van der Waals surface area contributed by atoms with Crippen LogP contribution < -0.4 is 0 Å². The summed E-state index contributed by atoms with van der Waals surface area (Å²) in [6.07, 6.45) is 4.92. The lowest BCUT2D eigenvalue weighted by atomic mass is 10.2. The zero-order valence-electron chi connectivity index (χ0n) is 11.4. The quantitative estimate of drug-likeness (QED) is 0.818. The fraction of sp³-hybridized carbons (Fsp3) is 0.615. The normalized spacial score (nSPS) is 20.1. The smallest absolute Gasteiger partial charge is 0.211 e. The van der Waals surface area contributed by atoms with Crippen molar-refractivity contribution in [3.05, 3.63) is 29.6 Å². The van der Waals surface area contributed by atoms with E-state index < -0.39 is 10.0 Å². The van der Waals surface area contributed by atoms with Crippen LogP contribution in [0.2, 0.25) is 0 Å². The molecule has 1 aromatic rings. The first-order valence-corrected chi connectivity index (χ1v) is 8.28. The number of aryl methyl sites for hydroxylation is 1. The second-order valence-electron chi connectivity index (χ2n) is 5.00. The predicted molar refractivity (Wildman–Crippen MR) is 73.2 cm³/mol. The van der Waals surface area contributed by atoms with Gasteiger partial charge in [-0.2, -0.15) is 4.31 Å². The van der Waals surface area contributed by atoms with Gasteiger partial charge in [0.15, 0.2) is 0 Å². The van der Waals surface area contributed by atoms with E-state index in [1.807, 2.05) is 19.1 Å². The highest BCUT2D eigenvalue weighted by Crippen LogP contribution is 2.16.